The van der Waals surface area contributed by atoms with E-state index in [0.29, 0.717) is 18.3 Å². The summed E-state index contributed by atoms with van der Waals surface area (Å²) in [5, 5.41) is 0. The molecule has 0 fully saturated rings. The molecule has 0 aromatic carbocycles. The molecule has 3 heteroatoms. The molecule has 0 saturated carbocycles. The van der Waals surface area contributed by atoms with Gasteiger partial charge in [-0.15, -0.1) is 0 Å². The fourth-order valence-electron chi connectivity index (χ4n) is 2.92. The van der Waals surface area contributed by atoms with Gasteiger partial charge in [-0.1, -0.05) is 48.5 Å². The van der Waals surface area contributed by atoms with E-state index in [2.05, 4.69) is 13.8 Å². The monoisotopic (exact) mass is 252 g/mol. The molecule has 0 amide bonds. The molecule has 104 valence electrons. The van der Waals surface area contributed by atoms with Gasteiger partial charge in [-0.05, 0) is 29.6 Å². The largest absolute Gasteiger partial charge is 0.392 e. The zero-order valence-electron chi connectivity index (χ0n) is 12.2. The Bertz CT molecular complexity index is 226. The first-order valence-electron chi connectivity index (χ1n) is 6.46. The van der Waals surface area contributed by atoms with Crippen LogP contribution < -0.4 is 0 Å². The molecule has 17 heavy (non-hydrogen) atoms. The third kappa shape index (κ3) is 4.89. The summed E-state index contributed by atoms with van der Waals surface area (Å²) in [4.78, 5) is 0. The molecule has 0 heterocycles. The molecule has 2 unspecified atom stereocenters. The molecular weight excluding hydrogens is 225 g/mol. The van der Waals surface area contributed by atoms with Crippen LogP contribution in [0.2, 0.25) is 0 Å². The van der Waals surface area contributed by atoms with Crippen molar-refractivity contribution in [3.63, 3.8) is 0 Å². The quantitative estimate of drug-likeness (QED) is 0.603. The van der Waals surface area contributed by atoms with E-state index in [1.807, 2.05) is 6.92 Å². The van der Waals surface area contributed by atoms with Crippen LogP contribution >= 0.6 is 0 Å². The molecule has 0 aliphatic rings. The highest BCUT2D eigenvalue weighted by Crippen LogP contribution is 2.48. The van der Waals surface area contributed by atoms with Crippen LogP contribution in [0.25, 0.3) is 0 Å². The summed E-state index contributed by atoms with van der Waals surface area (Å²) in [5.41, 5.74) is -0.698. The summed E-state index contributed by atoms with van der Waals surface area (Å²) in [6.45, 7) is 13.0. The Morgan fingerprint density at radius 2 is 1.24 bits per heavy atom. The number of alkyl halides is 3. The first kappa shape index (κ1) is 16.8. The highest BCUT2D eigenvalue weighted by atomic mass is 19.4. The number of rotatable bonds is 5. The lowest BCUT2D eigenvalue weighted by Crippen LogP contribution is -2.41. The molecule has 0 bridgehead atoms. The van der Waals surface area contributed by atoms with E-state index < -0.39 is 17.5 Å². The van der Waals surface area contributed by atoms with Crippen LogP contribution in [-0.4, -0.2) is 6.18 Å². The van der Waals surface area contributed by atoms with E-state index in [9.17, 15) is 13.2 Å². The van der Waals surface area contributed by atoms with E-state index in [-0.39, 0.29) is 5.92 Å². The topological polar surface area (TPSA) is 0 Å². The number of halogens is 3. The smallest absolute Gasteiger partial charge is 0.171 e. The second-order valence-electron chi connectivity index (χ2n) is 6.68. The SMILES string of the molecule is CC(C)C(C)CC(C)(C)C(C(C)C)C(F)(F)F. The van der Waals surface area contributed by atoms with Crippen molar-refractivity contribution in [1.82, 2.24) is 0 Å². The van der Waals surface area contributed by atoms with Crippen LogP contribution in [0.5, 0.6) is 0 Å². The molecule has 0 rings (SSSR count). The average Bonchev–Trinajstić information content (AvgIpc) is 1.96. The second kappa shape index (κ2) is 5.62. The second-order valence-corrected chi connectivity index (χ2v) is 6.68. The number of hydrogen-bond acceptors (Lipinski definition) is 0. The van der Waals surface area contributed by atoms with Gasteiger partial charge in [-0.3, -0.25) is 0 Å². The average molecular weight is 252 g/mol. The van der Waals surface area contributed by atoms with E-state index >= 15 is 0 Å². The summed E-state index contributed by atoms with van der Waals surface area (Å²) >= 11 is 0. The van der Waals surface area contributed by atoms with Gasteiger partial charge in [-0.2, -0.15) is 13.2 Å². The Kier molecular flexibility index (Phi) is 5.55. The van der Waals surface area contributed by atoms with Gasteiger partial charge >= 0.3 is 6.18 Å². The van der Waals surface area contributed by atoms with E-state index in [1.165, 1.54) is 0 Å². The Hall–Kier alpha value is -0.210. The van der Waals surface area contributed by atoms with Crippen molar-refractivity contribution in [3.8, 4) is 0 Å². The standard InChI is InChI=1S/C14H27F3/c1-9(2)11(5)8-13(6,7)12(10(3)4)14(15,16)17/h9-12H,8H2,1-7H3. The molecule has 2 atom stereocenters. The van der Waals surface area contributed by atoms with E-state index in [1.54, 1.807) is 27.7 Å². The predicted octanol–water partition coefficient (Wildman–Crippen LogP) is 5.53. The minimum Gasteiger partial charge on any atom is -0.171 e. The molecule has 0 radical (unpaired) electrons. The molecule has 0 nitrogen and oxygen atoms in total. The zero-order valence-corrected chi connectivity index (χ0v) is 12.2. The van der Waals surface area contributed by atoms with Gasteiger partial charge in [0.05, 0.1) is 5.92 Å². The van der Waals surface area contributed by atoms with Gasteiger partial charge < -0.3 is 0 Å². The van der Waals surface area contributed by atoms with Crippen LogP contribution in [0.15, 0.2) is 0 Å². The first-order valence-corrected chi connectivity index (χ1v) is 6.46. The first-order chi connectivity index (χ1) is 7.39. The summed E-state index contributed by atoms with van der Waals surface area (Å²) < 4.78 is 39.4. The maximum atomic E-state index is 13.1. The molecular formula is C14H27F3. The van der Waals surface area contributed by atoms with Gasteiger partial charge in [0, 0.05) is 0 Å². The maximum Gasteiger partial charge on any atom is 0.392 e. The van der Waals surface area contributed by atoms with E-state index in [4.69, 9.17) is 0 Å². The van der Waals surface area contributed by atoms with Gasteiger partial charge in [-0.25, -0.2) is 0 Å². The highest BCUT2D eigenvalue weighted by Gasteiger charge is 2.50. The highest BCUT2D eigenvalue weighted by molar-refractivity contribution is 4.87. The Balaban J connectivity index is 4.97. The fraction of sp³-hybridized carbons (Fsp3) is 1.00. The predicted molar refractivity (Wildman–Crippen MR) is 66.8 cm³/mol. The van der Waals surface area contributed by atoms with E-state index in [0.717, 1.165) is 0 Å². The normalized spacial score (nSPS) is 17.6. The van der Waals surface area contributed by atoms with Crippen molar-refractivity contribution in [1.29, 1.82) is 0 Å². The van der Waals surface area contributed by atoms with Crippen molar-refractivity contribution >= 4 is 0 Å². The molecule has 0 aliphatic carbocycles. The molecule has 0 aromatic rings. The minimum absolute atomic E-state index is 0.314. The fourth-order valence-corrected chi connectivity index (χ4v) is 2.92. The van der Waals surface area contributed by atoms with Gasteiger partial charge in [0.2, 0.25) is 0 Å². The Morgan fingerprint density at radius 1 is 0.824 bits per heavy atom. The minimum atomic E-state index is -4.10. The molecule has 0 N–H and O–H groups in total. The molecule has 0 aliphatic heterocycles. The summed E-state index contributed by atoms with van der Waals surface area (Å²) in [5.74, 6) is -0.857. The summed E-state index contributed by atoms with van der Waals surface area (Å²) in [7, 11) is 0. The van der Waals surface area contributed by atoms with Crippen molar-refractivity contribution in [2.24, 2.45) is 29.1 Å². The van der Waals surface area contributed by atoms with Gasteiger partial charge in [0.15, 0.2) is 0 Å². The zero-order chi connectivity index (χ0) is 14.0. The number of hydrogen-bond donors (Lipinski definition) is 0. The van der Waals surface area contributed by atoms with Gasteiger partial charge in [0.1, 0.15) is 0 Å². The molecule has 0 spiro atoms. The summed E-state index contributed by atoms with van der Waals surface area (Å²) in [6, 6.07) is 0. The van der Waals surface area contributed by atoms with Crippen LogP contribution in [0.4, 0.5) is 13.2 Å². The lowest BCUT2D eigenvalue weighted by atomic mass is 9.67. The Morgan fingerprint density at radius 3 is 1.47 bits per heavy atom. The molecule has 0 aromatic heterocycles. The van der Waals surface area contributed by atoms with Gasteiger partial charge in [0.25, 0.3) is 0 Å². The van der Waals surface area contributed by atoms with Crippen LogP contribution in [0.3, 0.4) is 0 Å². The maximum absolute atomic E-state index is 13.1. The third-order valence-electron chi connectivity index (χ3n) is 3.85. The Labute approximate surface area is 104 Å². The summed E-state index contributed by atoms with van der Waals surface area (Å²) in [6.07, 6.45) is -3.48. The van der Waals surface area contributed by atoms with Crippen molar-refractivity contribution < 1.29 is 13.2 Å². The van der Waals surface area contributed by atoms with Crippen molar-refractivity contribution in [2.75, 3.05) is 0 Å². The van der Waals surface area contributed by atoms with Crippen molar-refractivity contribution in [2.45, 2.75) is 61.1 Å². The molecule has 0 saturated heterocycles. The lowest BCUT2D eigenvalue weighted by Gasteiger charge is -2.40. The van der Waals surface area contributed by atoms with Crippen LogP contribution in [0.1, 0.15) is 54.9 Å². The van der Waals surface area contributed by atoms with Crippen molar-refractivity contribution in [3.05, 3.63) is 0 Å². The van der Waals surface area contributed by atoms with Crippen LogP contribution in [-0.2, 0) is 0 Å². The van der Waals surface area contributed by atoms with Crippen LogP contribution in [0, 0.1) is 29.1 Å². The third-order valence-corrected chi connectivity index (χ3v) is 3.85. The lowest BCUT2D eigenvalue weighted by molar-refractivity contribution is -0.218.